The summed E-state index contributed by atoms with van der Waals surface area (Å²) in [6, 6.07) is 9.80. The Balaban J connectivity index is 1.41. The molecule has 1 unspecified atom stereocenters. The smallest absolute Gasteiger partial charge is 0.257 e. The molecule has 1 fully saturated rings. The summed E-state index contributed by atoms with van der Waals surface area (Å²) in [5, 5.41) is 3.75. The molecule has 5 nitrogen and oxygen atoms in total. The molecular formula is C28H35ClN4O. The number of aromatic nitrogens is 1. The van der Waals surface area contributed by atoms with Gasteiger partial charge in [-0.05, 0) is 67.5 Å². The summed E-state index contributed by atoms with van der Waals surface area (Å²) < 4.78 is 0. The van der Waals surface area contributed by atoms with Crippen molar-refractivity contribution >= 4 is 35.2 Å². The van der Waals surface area contributed by atoms with Crippen molar-refractivity contribution in [2.45, 2.75) is 65.3 Å². The van der Waals surface area contributed by atoms with Crippen molar-refractivity contribution in [1.29, 1.82) is 0 Å². The summed E-state index contributed by atoms with van der Waals surface area (Å²) in [4.78, 5) is 24.8. The van der Waals surface area contributed by atoms with E-state index in [1.54, 1.807) is 12.4 Å². The first-order valence-electron chi connectivity index (χ1n) is 12.4. The van der Waals surface area contributed by atoms with Gasteiger partial charge in [0.05, 0.1) is 23.5 Å². The van der Waals surface area contributed by atoms with Crippen molar-refractivity contribution in [2.75, 3.05) is 23.3 Å². The first-order chi connectivity index (χ1) is 16.4. The third-order valence-electron chi connectivity index (χ3n) is 7.27. The number of carbonyl (C=O) groups excluding carboxylic acids is 1. The molecule has 2 aliphatic rings. The molecule has 0 bridgehead atoms. The number of anilines is 2. The molecule has 2 aromatic rings. The minimum absolute atomic E-state index is 0.0557. The maximum absolute atomic E-state index is 13.1. The van der Waals surface area contributed by atoms with E-state index in [1.165, 1.54) is 25.7 Å². The maximum atomic E-state index is 13.1. The number of carbonyl (C=O) groups is 1. The van der Waals surface area contributed by atoms with Crippen LogP contribution in [0.25, 0.3) is 0 Å². The van der Waals surface area contributed by atoms with Gasteiger partial charge in [-0.1, -0.05) is 50.4 Å². The molecule has 0 saturated carbocycles. The van der Waals surface area contributed by atoms with Gasteiger partial charge in [0.25, 0.3) is 5.91 Å². The summed E-state index contributed by atoms with van der Waals surface area (Å²) in [7, 11) is 0. The maximum Gasteiger partial charge on any atom is 0.257 e. The lowest BCUT2D eigenvalue weighted by Gasteiger charge is -2.33. The van der Waals surface area contributed by atoms with Gasteiger partial charge >= 0.3 is 0 Å². The van der Waals surface area contributed by atoms with Crippen LogP contribution in [0.3, 0.4) is 0 Å². The van der Waals surface area contributed by atoms with Crippen molar-refractivity contribution in [2.24, 2.45) is 10.9 Å². The number of benzene rings is 1. The van der Waals surface area contributed by atoms with E-state index in [-0.39, 0.29) is 17.9 Å². The van der Waals surface area contributed by atoms with Gasteiger partial charge in [-0.25, -0.2) is 4.98 Å². The van der Waals surface area contributed by atoms with Crippen molar-refractivity contribution < 1.29 is 4.79 Å². The van der Waals surface area contributed by atoms with Crippen LogP contribution < -0.4 is 10.2 Å². The number of pyridine rings is 1. The molecule has 4 rings (SSSR count). The number of nitrogens with one attached hydrogen (secondary N) is 1. The van der Waals surface area contributed by atoms with E-state index in [2.05, 4.69) is 36.0 Å². The molecule has 2 aliphatic heterocycles. The number of amides is 1. The van der Waals surface area contributed by atoms with Crippen LogP contribution in [0, 0.1) is 12.8 Å². The highest BCUT2D eigenvalue weighted by atomic mass is 35.5. The van der Waals surface area contributed by atoms with E-state index in [9.17, 15) is 4.79 Å². The number of rotatable bonds is 7. The number of piperidine rings is 1. The summed E-state index contributed by atoms with van der Waals surface area (Å²) in [6.45, 7) is 10.6. The van der Waals surface area contributed by atoms with Gasteiger partial charge < -0.3 is 10.2 Å². The average Bonchev–Trinajstić information content (AvgIpc) is 3.21. The summed E-state index contributed by atoms with van der Waals surface area (Å²) >= 11 is 6.03. The van der Waals surface area contributed by atoms with E-state index in [0.717, 1.165) is 47.2 Å². The van der Waals surface area contributed by atoms with Gasteiger partial charge in [0.15, 0.2) is 0 Å². The molecule has 3 heterocycles. The third kappa shape index (κ3) is 5.35. The predicted molar refractivity (Wildman–Crippen MR) is 142 cm³/mol. The number of hydrogen-bond donors (Lipinski definition) is 1. The second kappa shape index (κ2) is 10.7. The fraction of sp³-hybridized carbons (Fsp3) is 0.464. The fourth-order valence-electron chi connectivity index (χ4n) is 5.23. The SMILES string of the molecule is CCCC1CCN(c2ncc(NC(=O)C3=C(C)C([C@H](C)c4ccc(Cl)cc4)N=C3)cc2C)CC1. The topological polar surface area (TPSA) is 57.6 Å². The summed E-state index contributed by atoms with van der Waals surface area (Å²) in [6.07, 6.45) is 8.53. The fourth-order valence-corrected chi connectivity index (χ4v) is 5.35. The standard InChI is InChI=1S/C28H35ClN4O/c1-5-6-21-11-13-33(14-12-21)27-18(2)15-24(16-31-27)32-28(34)25-17-30-26(20(25)4)19(3)22-7-9-23(29)10-8-22/h7-10,15-17,19,21,26H,5-6,11-14H2,1-4H3,(H,32,34)/t19-,26?/m1/s1. The summed E-state index contributed by atoms with van der Waals surface area (Å²) in [5.41, 5.74) is 4.57. The van der Waals surface area contributed by atoms with Crippen LogP contribution in [0.5, 0.6) is 0 Å². The minimum atomic E-state index is -0.138. The Hall–Kier alpha value is -2.66. The molecular weight excluding hydrogens is 444 g/mol. The Morgan fingerprint density at radius 3 is 2.56 bits per heavy atom. The Morgan fingerprint density at radius 1 is 1.21 bits per heavy atom. The lowest BCUT2D eigenvalue weighted by Crippen LogP contribution is -2.34. The Morgan fingerprint density at radius 2 is 1.91 bits per heavy atom. The highest BCUT2D eigenvalue weighted by molar-refractivity contribution is 6.30. The number of nitrogens with zero attached hydrogens (tertiary/aromatic N) is 3. The van der Waals surface area contributed by atoms with Gasteiger partial charge in [-0.15, -0.1) is 0 Å². The van der Waals surface area contributed by atoms with Crippen LogP contribution in [0.2, 0.25) is 5.02 Å². The quantitative estimate of drug-likeness (QED) is 0.489. The molecule has 1 aromatic carbocycles. The molecule has 1 aromatic heterocycles. The van der Waals surface area contributed by atoms with Gasteiger partial charge in [0, 0.05) is 30.2 Å². The largest absolute Gasteiger partial charge is 0.356 e. The van der Waals surface area contributed by atoms with Crippen LogP contribution in [0.1, 0.15) is 63.5 Å². The lowest BCUT2D eigenvalue weighted by atomic mass is 9.89. The molecule has 0 radical (unpaired) electrons. The molecule has 6 heteroatoms. The molecule has 180 valence electrons. The molecule has 1 saturated heterocycles. The van der Waals surface area contributed by atoms with Crippen molar-refractivity contribution in [1.82, 2.24) is 4.98 Å². The van der Waals surface area contributed by atoms with Crippen molar-refractivity contribution in [3.8, 4) is 0 Å². The highest BCUT2D eigenvalue weighted by Crippen LogP contribution is 2.32. The Kier molecular flexibility index (Phi) is 7.72. The molecule has 34 heavy (non-hydrogen) atoms. The molecule has 1 amide bonds. The second-order valence-corrected chi connectivity index (χ2v) is 10.1. The van der Waals surface area contributed by atoms with Gasteiger partial charge in [0.1, 0.15) is 5.82 Å². The monoisotopic (exact) mass is 478 g/mol. The molecule has 2 atom stereocenters. The van der Waals surface area contributed by atoms with Crippen molar-refractivity contribution in [3.63, 3.8) is 0 Å². The average molecular weight is 479 g/mol. The normalized spacial score (nSPS) is 19.6. The van der Waals surface area contributed by atoms with Gasteiger partial charge in [-0.3, -0.25) is 9.79 Å². The number of halogens is 1. The summed E-state index contributed by atoms with van der Waals surface area (Å²) in [5.74, 6) is 1.89. The van der Waals surface area contributed by atoms with Gasteiger partial charge in [0.2, 0.25) is 0 Å². The second-order valence-electron chi connectivity index (χ2n) is 9.70. The predicted octanol–water partition coefficient (Wildman–Crippen LogP) is 6.57. The third-order valence-corrected chi connectivity index (χ3v) is 7.52. The van der Waals surface area contributed by atoms with Gasteiger partial charge in [-0.2, -0.15) is 0 Å². The van der Waals surface area contributed by atoms with E-state index >= 15 is 0 Å². The van der Waals surface area contributed by atoms with E-state index in [4.69, 9.17) is 16.6 Å². The van der Waals surface area contributed by atoms with Crippen LogP contribution in [-0.2, 0) is 4.79 Å². The van der Waals surface area contributed by atoms with Crippen LogP contribution in [0.15, 0.2) is 52.7 Å². The Labute approximate surface area is 208 Å². The molecule has 0 aliphatic carbocycles. The highest BCUT2D eigenvalue weighted by Gasteiger charge is 2.28. The van der Waals surface area contributed by atoms with Crippen molar-refractivity contribution in [3.05, 3.63) is 63.8 Å². The number of aliphatic imine (C=N–C) groups is 1. The van der Waals surface area contributed by atoms with Crippen LogP contribution in [-0.4, -0.2) is 36.2 Å². The van der Waals surface area contributed by atoms with Crippen LogP contribution in [0.4, 0.5) is 11.5 Å². The van der Waals surface area contributed by atoms with Crippen LogP contribution >= 0.6 is 11.6 Å². The Bertz CT molecular complexity index is 1080. The van der Waals surface area contributed by atoms with E-state index < -0.39 is 0 Å². The lowest BCUT2D eigenvalue weighted by molar-refractivity contribution is -0.112. The number of aryl methyl sites for hydroxylation is 1. The molecule has 1 N–H and O–H groups in total. The minimum Gasteiger partial charge on any atom is -0.356 e. The number of hydrogen-bond acceptors (Lipinski definition) is 4. The van der Waals surface area contributed by atoms with E-state index in [1.807, 2.05) is 37.3 Å². The first kappa shape index (κ1) is 24.5. The van der Waals surface area contributed by atoms with E-state index in [0.29, 0.717) is 10.6 Å². The zero-order chi connectivity index (χ0) is 24.2. The zero-order valence-electron chi connectivity index (χ0n) is 20.6. The first-order valence-corrected chi connectivity index (χ1v) is 12.8. The molecule has 0 spiro atoms. The zero-order valence-corrected chi connectivity index (χ0v) is 21.4.